The van der Waals surface area contributed by atoms with Gasteiger partial charge in [0.2, 0.25) is 0 Å². The summed E-state index contributed by atoms with van der Waals surface area (Å²) in [5.74, 6) is 0.993. The van der Waals surface area contributed by atoms with E-state index in [1.165, 1.54) is 0 Å². The molecule has 2 heterocycles. The zero-order valence-electron chi connectivity index (χ0n) is 7.72. The molecule has 1 aromatic heterocycles. The molecule has 0 spiro atoms. The third kappa shape index (κ3) is 1.87. The van der Waals surface area contributed by atoms with Crippen LogP contribution in [0.15, 0.2) is 6.33 Å². The lowest BCUT2D eigenvalue weighted by Gasteiger charge is -2.27. The normalized spacial score (nSPS) is 19.8. The fraction of sp³-hybridized carbons (Fsp3) is 0.750. The van der Waals surface area contributed by atoms with Crippen LogP contribution < -0.4 is 0 Å². The van der Waals surface area contributed by atoms with Gasteiger partial charge < -0.3 is 9.67 Å². The van der Waals surface area contributed by atoms with Crippen LogP contribution >= 0.6 is 0 Å². The summed E-state index contributed by atoms with van der Waals surface area (Å²) in [5, 5.41) is 17.1. The molecule has 13 heavy (non-hydrogen) atoms. The summed E-state index contributed by atoms with van der Waals surface area (Å²) in [6, 6.07) is 0. The molecule has 0 fully saturated rings. The number of fused-ring (bicyclic) bond motifs is 1. The zero-order chi connectivity index (χ0) is 9.26. The fourth-order valence-electron chi connectivity index (χ4n) is 1.65. The molecule has 0 radical (unpaired) electrons. The number of aliphatic hydroxyl groups excluding tert-OH is 1. The highest BCUT2D eigenvalue weighted by atomic mass is 16.3. The molecule has 0 saturated carbocycles. The lowest BCUT2D eigenvalue weighted by molar-refractivity contribution is 0.108. The molecule has 1 N–H and O–H groups in total. The maximum atomic E-state index is 9.22. The first-order valence-electron chi connectivity index (χ1n) is 4.53. The fourth-order valence-corrected chi connectivity index (χ4v) is 1.65. The van der Waals surface area contributed by atoms with Crippen LogP contribution in [0.4, 0.5) is 0 Å². The van der Waals surface area contributed by atoms with Crippen molar-refractivity contribution in [1.82, 2.24) is 19.7 Å². The van der Waals surface area contributed by atoms with Crippen molar-refractivity contribution in [1.29, 1.82) is 0 Å². The second-order valence-corrected chi connectivity index (χ2v) is 3.52. The highest BCUT2D eigenvalue weighted by molar-refractivity contribution is 4.89. The van der Waals surface area contributed by atoms with E-state index in [1.807, 2.05) is 0 Å². The smallest absolute Gasteiger partial charge is 0.147 e. The minimum atomic E-state index is -0.269. The van der Waals surface area contributed by atoms with E-state index in [4.69, 9.17) is 0 Å². The predicted octanol–water partition coefficient (Wildman–Crippen LogP) is -0.526. The molecule has 5 heteroatoms. The van der Waals surface area contributed by atoms with Gasteiger partial charge in [-0.25, -0.2) is 0 Å². The molecular formula is C8H14N4O. The molecule has 5 nitrogen and oxygen atoms in total. The van der Waals surface area contributed by atoms with Crippen molar-refractivity contribution >= 4 is 0 Å². The largest absolute Gasteiger partial charge is 0.392 e. The average molecular weight is 182 g/mol. The van der Waals surface area contributed by atoms with Crippen molar-refractivity contribution < 1.29 is 5.11 Å². The van der Waals surface area contributed by atoms with Gasteiger partial charge in [-0.3, -0.25) is 4.90 Å². The molecule has 0 saturated heterocycles. The summed E-state index contributed by atoms with van der Waals surface area (Å²) in [6.07, 6.45) is 1.49. The Morgan fingerprint density at radius 2 is 2.46 bits per heavy atom. The van der Waals surface area contributed by atoms with Crippen LogP contribution in [-0.2, 0) is 13.1 Å². The molecule has 1 aliphatic heterocycles. The van der Waals surface area contributed by atoms with Crippen molar-refractivity contribution in [3.63, 3.8) is 0 Å². The standard InChI is InChI=1S/C8H14N4O/c1-7(13)4-11-2-3-12-6-9-10-8(12)5-11/h6-7,13H,2-5H2,1H3/t7-/m0/s1. The first-order valence-corrected chi connectivity index (χ1v) is 4.53. The number of rotatable bonds is 2. The van der Waals surface area contributed by atoms with Gasteiger partial charge in [0.1, 0.15) is 12.2 Å². The van der Waals surface area contributed by atoms with Gasteiger partial charge in [0, 0.05) is 19.6 Å². The van der Waals surface area contributed by atoms with E-state index in [0.717, 1.165) is 25.5 Å². The molecule has 0 aliphatic carbocycles. The van der Waals surface area contributed by atoms with Crippen molar-refractivity contribution in [2.24, 2.45) is 0 Å². The third-order valence-electron chi connectivity index (χ3n) is 2.24. The predicted molar refractivity (Wildman–Crippen MR) is 47.0 cm³/mol. The topological polar surface area (TPSA) is 54.2 Å². The SMILES string of the molecule is C[C@H](O)CN1CCn2cnnc2C1. The molecular weight excluding hydrogens is 168 g/mol. The number of hydrogen-bond donors (Lipinski definition) is 1. The van der Waals surface area contributed by atoms with Crippen LogP contribution in [0.2, 0.25) is 0 Å². The maximum Gasteiger partial charge on any atom is 0.147 e. The highest BCUT2D eigenvalue weighted by Gasteiger charge is 2.17. The van der Waals surface area contributed by atoms with Gasteiger partial charge in [-0.2, -0.15) is 0 Å². The monoisotopic (exact) mass is 182 g/mol. The Labute approximate surface area is 77.0 Å². The maximum absolute atomic E-state index is 9.22. The molecule has 1 aromatic rings. The quantitative estimate of drug-likeness (QED) is 0.668. The second kappa shape index (κ2) is 3.43. The molecule has 72 valence electrons. The second-order valence-electron chi connectivity index (χ2n) is 3.52. The van der Waals surface area contributed by atoms with Gasteiger partial charge in [0.15, 0.2) is 0 Å². The summed E-state index contributed by atoms with van der Waals surface area (Å²) in [5.41, 5.74) is 0. The van der Waals surface area contributed by atoms with E-state index in [9.17, 15) is 5.11 Å². The molecule has 0 unspecified atom stereocenters. The first-order chi connectivity index (χ1) is 6.25. The lowest BCUT2D eigenvalue weighted by Crippen LogP contribution is -2.37. The van der Waals surface area contributed by atoms with Crippen LogP contribution in [-0.4, -0.2) is 44.0 Å². The number of nitrogens with zero attached hydrogens (tertiary/aromatic N) is 4. The molecule has 0 amide bonds. The average Bonchev–Trinajstić information content (AvgIpc) is 2.49. The first kappa shape index (κ1) is 8.65. The molecule has 0 bridgehead atoms. The number of aliphatic hydroxyl groups is 1. The van der Waals surface area contributed by atoms with Crippen LogP contribution in [0.1, 0.15) is 12.7 Å². The summed E-state index contributed by atoms with van der Waals surface area (Å²) in [6.45, 7) is 5.21. The van der Waals surface area contributed by atoms with E-state index in [-0.39, 0.29) is 6.10 Å². The molecule has 1 aliphatic rings. The summed E-state index contributed by atoms with van der Waals surface area (Å²) < 4.78 is 2.05. The Hall–Kier alpha value is -0.940. The number of aromatic nitrogens is 3. The van der Waals surface area contributed by atoms with Crippen LogP contribution in [0.25, 0.3) is 0 Å². The van der Waals surface area contributed by atoms with E-state index in [0.29, 0.717) is 6.54 Å². The molecule has 0 aromatic carbocycles. The van der Waals surface area contributed by atoms with Gasteiger partial charge in [-0.05, 0) is 6.92 Å². The van der Waals surface area contributed by atoms with Gasteiger partial charge >= 0.3 is 0 Å². The van der Waals surface area contributed by atoms with Crippen LogP contribution in [0.5, 0.6) is 0 Å². The van der Waals surface area contributed by atoms with Gasteiger partial charge in [-0.1, -0.05) is 0 Å². The van der Waals surface area contributed by atoms with Crippen molar-refractivity contribution in [3.8, 4) is 0 Å². The summed E-state index contributed by atoms with van der Waals surface area (Å²) >= 11 is 0. The minimum absolute atomic E-state index is 0.269. The third-order valence-corrected chi connectivity index (χ3v) is 2.24. The van der Waals surface area contributed by atoms with Crippen LogP contribution in [0.3, 0.4) is 0 Å². The van der Waals surface area contributed by atoms with E-state index in [1.54, 1.807) is 13.3 Å². The van der Waals surface area contributed by atoms with Crippen LogP contribution in [0, 0.1) is 0 Å². The van der Waals surface area contributed by atoms with Crippen molar-refractivity contribution in [2.75, 3.05) is 13.1 Å². The number of β-amino-alcohol motifs (C(OH)–C–C–N with tert-alkyl or cyclic N) is 1. The zero-order valence-corrected chi connectivity index (χ0v) is 7.72. The van der Waals surface area contributed by atoms with Gasteiger partial charge in [0.05, 0.1) is 12.6 Å². The summed E-state index contributed by atoms with van der Waals surface area (Å²) in [4.78, 5) is 2.19. The summed E-state index contributed by atoms with van der Waals surface area (Å²) in [7, 11) is 0. The lowest BCUT2D eigenvalue weighted by atomic mass is 10.3. The van der Waals surface area contributed by atoms with Crippen molar-refractivity contribution in [3.05, 3.63) is 12.2 Å². The number of hydrogen-bond acceptors (Lipinski definition) is 4. The van der Waals surface area contributed by atoms with E-state index in [2.05, 4.69) is 19.7 Å². The Morgan fingerprint density at radius 1 is 1.62 bits per heavy atom. The van der Waals surface area contributed by atoms with E-state index >= 15 is 0 Å². The Balaban J connectivity index is 2.00. The Bertz CT molecular complexity index is 283. The molecule has 1 atom stereocenters. The van der Waals surface area contributed by atoms with Gasteiger partial charge in [0.25, 0.3) is 0 Å². The Morgan fingerprint density at radius 3 is 3.23 bits per heavy atom. The minimum Gasteiger partial charge on any atom is -0.392 e. The van der Waals surface area contributed by atoms with Crippen molar-refractivity contribution in [2.45, 2.75) is 26.1 Å². The van der Waals surface area contributed by atoms with Gasteiger partial charge in [-0.15, -0.1) is 10.2 Å². The molecule has 2 rings (SSSR count). The van der Waals surface area contributed by atoms with E-state index < -0.39 is 0 Å². The highest BCUT2D eigenvalue weighted by Crippen LogP contribution is 2.08. The Kier molecular flexibility index (Phi) is 2.28.